The number of benzene rings is 2. The highest BCUT2D eigenvalue weighted by Gasteiger charge is 2.33. The molecule has 0 radical (unpaired) electrons. The van der Waals surface area contributed by atoms with Gasteiger partial charge >= 0.3 is 6.18 Å². The van der Waals surface area contributed by atoms with Crippen LogP contribution in [0.4, 0.5) is 24.5 Å². The van der Waals surface area contributed by atoms with Crippen molar-refractivity contribution < 1.29 is 27.4 Å². The molecule has 0 aromatic heterocycles. The largest absolute Gasteiger partial charge is 0.497 e. The van der Waals surface area contributed by atoms with Gasteiger partial charge in [0.2, 0.25) is 0 Å². The molecule has 0 spiro atoms. The van der Waals surface area contributed by atoms with Crippen molar-refractivity contribution in [3.8, 4) is 17.6 Å². The summed E-state index contributed by atoms with van der Waals surface area (Å²) >= 11 is 5.55. The number of ether oxygens (including phenoxy) is 2. The van der Waals surface area contributed by atoms with Crippen LogP contribution in [0.1, 0.15) is 5.56 Å². The average Bonchev–Trinajstić information content (AvgIpc) is 2.69. The van der Waals surface area contributed by atoms with Gasteiger partial charge in [0, 0.05) is 18.0 Å². The highest BCUT2D eigenvalue weighted by molar-refractivity contribution is 6.31. The number of nitrogens with one attached hydrogen (secondary N) is 2. The maximum absolute atomic E-state index is 12.9. The summed E-state index contributed by atoms with van der Waals surface area (Å²) in [6.07, 6.45) is -3.57. The molecule has 2 aromatic carbocycles. The van der Waals surface area contributed by atoms with E-state index in [9.17, 15) is 23.2 Å². The Hall–Kier alpha value is -3.38. The first-order valence-corrected chi connectivity index (χ1v) is 8.34. The van der Waals surface area contributed by atoms with E-state index in [0.717, 1.165) is 12.3 Å². The minimum absolute atomic E-state index is 0.157. The van der Waals surface area contributed by atoms with Gasteiger partial charge in [0.1, 0.15) is 23.1 Å². The zero-order chi connectivity index (χ0) is 21.6. The predicted octanol–water partition coefficient (Wildman–Crippen LogP) is 4.83. The number of nitrogens with zero attached hydrogens (tertiary/aromatic N) is 1. The third-order valence-corrected chi connectivity index (χ3v) is 4.00. The molecule has 0 bridgehead atoms. The Labute approximate surface area is 169 Å². The fraction of sp³-hybridized carbons (Fsp3) is 0.158. The molecule has 2 rings (SSSR count). The van der Waals surface area contributed by atoms with Gasteiger partial charge in [-0.2, -0.15) is 18.4 Å². The smallest absolute Gasteiger partial charge is 0.417 e. The van der Waals surface area contributed by atoms with Crippen LogP contribution in [0.5, 0.6) is 11.5 Å². The molecule has 0 aliphatic carbocycles. The number of carbonyl (C=O) groups is 1. The topological polar surface area (TPSA) is 83.4 Å². The fourth-order valence-corrected chi connectivity index (χ4v) is 2.46. The van der Waals surface area contributed by atoms with Crippen LogP contribution in [0.15, 0.2) is 48.2 Å². The van der Waals surface area contributed by atoms with E-state index in [0.29, 0.717) is 23.3 Å². The van der Waals surface area contributed by atoms with Gasteiger partial charge in [-0.3, -0.25) is 4.79 Å². The van der Waals surface area contributed by atoms with E-state index in [2.05, 4.69) is 10.6 Å². The van der Waals surface area contributed by atoms with Crippen LogP contribution >= 0.6 is 11.6 Å². The molecule has 2 aromatic rings. The lowest BCUT2D eigenvalue weighted by molar-refractivity contribution is -0.137. The zero-order valence-electron chi connectivity index (χ0n) is 15.2. The van der Waals surface area contributed by atoms with Crippen molar-refractivity contribution in [1.29, 1.82) is 5.26 Å². The number of hydrogen-bond donors (Lipinski definition) is 2. The number of alkyl halides is 3. The summed E-state index contributed by atoms with van der Waals surface area (Å²) in [7, 11) is 2.92. The summed E-state index contributed by atoms with van der Waals surface area (Å²) in [5, 5.41) is 13.7. The second kappa shape index (κ2) is 9.21. The van der Waals surface area contributed by atoms with Gasteiger partial charge < -0.3 is 20.1 Å². The first kappa shape index (κ1) is 21.9. The van der Waals surface area contributed by atoms with Crippen LogP contribution in [0, 0.1) is 11.3 Å². The van der Waals surface area contributed by atoms with Gasteiger partial charge in [0.25, 0.3) is 5.91 Å². The molecular weight excluding hydrogens is 411 g/mol. The molecule has 0 unspecified atom stereocenters. The van der Waals surface area contributed by atoms with Gasteiger partial charge in [-0.25, -0.2) is 0 Å². The molecule has 0 heterocycles. The summed E-state index contributed by atoms with van der Waals surface area (Å²) in [5.74, 6) is 0.0339. The molecule has 29 heavy (non-hydrogen) atoms. The Balaban J connectivity index is 2.21. The van der Waals surface area contributed by atoms with Crippen molar-refractivity contribution in [2.24, 2.45) is 0 Å². The van der Waals surface area contributed by atoms with Crippen LogP contribution in [0.2, 0.25) is 5.02 Å². The number of nitriles is 1. The van der Waals surface area contributed by atoms with Gasteiger partial charge in [-0.15, -0.1) is 0 Å². The lowest BCUT2D eigenvalue weighted by atomic mass is 10.2. The normalized spacial score (nSPS) is 11.4. The highest BCUT2D eigenvalue weighted by Crippen LogP contribution is 2.36. The maximum Gasteiger partial charge on any atom is 0.417 e. The predicted molar refractivity (Wildman–Crippen MR) is 102 cm³/mol. The Bertz CT molecular complexity index is 985. The van der Waals surface area contributed by atoms with Crippen LogP contribution in [0.25, 0.3) is 0 Å². The zero-order valence-corrected chi connectivity index (χ0v) is 16.0. The minimum atomic E-state index is -4.68. The quantitative estimate of drug-likeness (QED) is 0.511. The van der Waals surface area contributed by atoms with Gasteiger partial charge in [0.05, 0.1) is 30.5 Å². The van der Waals surface area contributed by atoms with Crippen molar-refractivity contribution >= 4 is 28.9 Å². The first-order valence-electron chi connectivity index (χ1n) is 7.96. The van der Waals surface area contributed by atoms with Crippen LogP contribution in [-0.4, -0.2) is 20.1 Å². The van der Waals surface area contributed by atoms with E-state index in [1.165, 1.54) is 20.3 Å². The van der Waals surface area contributed by atoms with E-state index in [-0.39, 0.29) is 11.3 Å². The number of anilines is 2. The molecule has 0 atom stereocenters. The summed E-state index contributed by atoms with van der Waals surface area (Å²) < 4.78 is 49.1. The lowest BCUT2D eigenvalue weighted by Crippen LogP contribution is -2.15. The number of amides is 1. The third-order valence-electron chi connectivity index (χ3n) is 3.68. The van der Waals surface area contributed by atoms with Crippen molar-refractivity contribution in [3.05, 3.63) is 58.8 Å². The minimum Gasteiger partial charge on any atom is -0.497 e. The van der Waals surface area contributed by atoms with Crippen LogP contribution in [0.3, 0.4) is 0 Å². The standard InChI is InChI=1S/C19H15ClF3N3O3/c1-28-13-4-6-16(17(8-13)29-2)25-10-11(9-24)18(27)26-12-3-5-15(20)14(7-12)19(21,22)23/h3-8,10,25H,1-2H3,(H,26,27)/b11-10-. The second-order valence-corrected chi connectivity index (χ2v) is 5.93. The molecule has 0 aliphatic heterocycles. The monoisotopic (exact) mass is 425 g/mol. The molecule has 2 N–H and O–H groups in total. The number of hydrogen-bond acceptors (Lipinski definition) is 5. The highest BCUT2D eigenvalue weighted by atomic mass is 35.5. The van der Waals surface area contributed by atoms with Crippen molar-refractivity contribution in [2.75, 3.05) is 24.9 Å². The number of carbonyl (C=O) groups excluding carboxylic acids is 1. The Morgan fingerprint density at radius 1 is 1.17 bits per heavy atom. The van der Waals surface area contributed by atoms with Crippen LogP contribution < -0.4 is 20.1 Å². The maximum atomic E-state index is 12.9. The number of halogens is 4. The van der Waals surface area contributed by atoms with E-state index in [1.54, 1.807) is 24.3 Å². The van der Waals surface area contributed by atoms with E-state index >= 15 is 0 Å². The van der Waals surface area contributed by atoms with Gasteiger partial charge in [0.15, 0.2) is 0 Å². The molecule has 10 heteroatoms. The van der Waals surface area contributed by atoms with E-state index < -0.39 is 22.7 Å². The van der Waals surface area contributed by atoms with E-state index in [4.69, 9.17) is 21.1 Å². The van der Waals surface area contributed by atoms with Crippen LogP contribution in [-0.2, 0) is 11.0 Å². The first-order chi connectivity index (χ1) is 13.7. The lowest BCUT2D eigenvalue weighted by Gasteiger charge is -2.12. The van der Waals surface area contributed by atoms with Crippen molar-refractivity contribution in [2.45, 2.75) is 6.18 Å². The molecule has 0 saturated heterocycles. The Morgan fingerprint density at radius 3 is 2.48 bits per heavy atom. The Morgan fingerprint density at radius 2 is 1.90 bits per heavy atom. The fourth-order valence-electron chi connectivity index (χ4n) is 2.23. The van der Waals surface area contributed by atoms with Gasteiger partial charge in [-0.05, 0) is 30.3 Å². The summed E-state index contributed by atoms with van der Waals surface area (Å²) in [6.45, 7) is 0. The SMILES string of the molecule is COc1ccc(N/C=C(/C#N)C(=O)Nc2ccc(Cl)c(C(F)(F)F)c2)c(OC)c1. The van der Waals surface area contributed by atoms with Gasteiger partial charge in [-0.1, -0.05) is 11.6 Å². The molecule has 152 valence electrons. The molecular formula is C19H15ClF3N3O3. The molecule has 0 aliphatic rings. The average molecular weight is 426 g/mol. The third kappa shape index (κ3) is 5.56. The second-order valence-electron chi connectivity index (χ2n) is 5.53. The summed E-state index contributed by atoms with van der Waals surface area (Å²) in [4.78, 5) is 12.3. The number of methoxy groups -OCH3 is 2. The van der Waals surface area contributed by atoms with Crippen molar-refractivity contribution in [1.82, 2.24) is 0 Å². The molecule has 6 nitrogen and oxygen atoms in total. The molecule has 1 amide bonds. The summed E-state index contributed by atoms with van der Waals surface area (Å²) in [6, 6.07) is 9.42. The molecule has 0 saturated carbocycles. The van der Waals surface area contributed by atoms with Crippen molar-refractivity contribution in [3.63, 3.8) is 0 Å². The Kier molecular flexibility index (Phi) is 6.96. The summed E-state index contributed by atoms with van der Waals surface area (Å²) in [5.41, 5.74) is -1.18. The number of rotatable bonds is 6. The van der Waals surface area contributed by atoms with E-state index in [1.807, 2.05) is 0 Å². The molecule has 0 fully saturated rings.